The van der Waals surface area contributed by atoms with E-state index in [-0.39, 0.29) is 0 Å². The quantitative estimate of drug-likeness (QED) is 0.917. The summed E-state index contributed by atoms with van der Waals surface area (Å²) < 4.78 is 1.22. The van der Waals surface area contributed by atoms with E-state index in [4.69, 9.17) is 5.73 Å². The first-order valence-corrected chi connectivity index (χ1v) is 8.56. The molecule has 2 aliphatic rings. The van der Waals surface area contributed by atoms with E-state index in [1.54, 1.807) is 0 Å². The van der Waals surface area contributed by atoms with Crippen molar-refractivity contribution in [3.05, 3.63) is 20.8 Å². The van der Waals surface area contributed by atoms with Gasteiger partial charge in [-0.15, -0.1) is 11.3 Å². The molecular weight excluding hydrogens is 308 g/mol. The lowest BCUT2D eigenvalue weighted by atomic mass is 9.77. The van der Waals surface area contributed by atoms with Gasteiger partial charge in [0, 0.05) is 24.5 Å². The van der Waals surface area contributed by atoms with Gasteiger partial charge in [-0.25, -0.2) is 0 Å². The van der Waals surface area contributed by atoms with Crippen molar-refractivity contribution >= 4 is 27.3 Å². The van der Waals surface area contributed by atoms with E-state index in [0.717, 1.165) is 18.4 Å². The van der Waals surface area contributed by atoms with Gasteiger partial charge in [-0.2, -0.15) is 0 Å². The SMILES string of the molecule is NCC(c1ccc(Br)s1)N1CC2CCCC(C2)C1. The van der Waals surface area contributed by atoms with E-state index in [1.165, 1.54) is 47.4 Å². The third-order valence-corrected chi connectivity index (χ3v) is 6.19. The summed E-state index contributed by atoms with van der Waals surface area (Å²) in [6, 6.07) is 4.81. The first-order valence-electron chi connectivity index (χ1n) is 6.95. The summed E-state index contributed by atoms with van der Waals surface area (Å²) >= 11 is 5.40. The number of fused-ring (bicyclic) bond motifs is 2. The van der Waals surface area contributed by atoms with Crippen molar-refractivity contribution < 1.29 is 0 Å². The molecule has 3 atom stereocenters. The fourth-order valence-corrected chi connectivity index (χ4v) is 5.25. The lowest BCUT2D eigenvalue weighted by Crippen LogP contribution is -2.46. The van der Waals surface area contributed by atoms with E-state index < -0.39 is 0 Å². The van der Waals surface area contributed by atoms with E-state index in [9.17, 15) is 0 Å². The number of halogens is 1. The van der Waals surface area contributed by atoms with Crippen molar-refractivity contribution in [2.75, 3.05) is 19.6 Å². The molecule has 0 spiro atoms. The topological polar surface area (TPSA) is 29.3 Å². The smallest absolute Gasteiger partial charge is 0.0702 e. The van der Waals surface area contributed by atoms with Gasteiger partial charge in [0.15, 0.2) is 0 Å². The largest absolute Gasteiger partial charge is 0.329 e. The lowest BCUT2D eigenvalue weighted by molar-refractivity contribution is 0.0562. The lowest BCUT2D eigenvalue weighted by Gasteiger charge is -2.44. The fraction of sp³-hybridized carbons (Fsp3) is 0.714. The normalized spacial score (nSPS) is 30.3. The van der Waals surface area contributed by atoms with Gasteiger partial charge in [0.2, 0.25) is 0 Å². The molecule has 4 heteroatoms. The second-order valence-electron chi connectivity index (χ2n) is 5.75. The summed E-state index contributed by atoms with van der Waals surface area (Å²) in [5.74, 6) is 1.85. The zero-order chi connectivity index (χ0) is 12.5. The van der Waals surface area contributed by atoms with Gasteiger partial charge >= 0.3 is 0 Å². The molecule has 1 saturated heterocycles. The van der Waals surface area contributed by atoms with Crippen LogP contribution in [0.15, 0.2) is 15.9 Å². The maximum atomic E-state index is 6.04. The summed E-state index contributed by atoms with van der Waals surface area (Å²) in [4.78, 5) is 4.07. The van der Waals surface area contributed by atoms with E-state index >= 15 is 0 Å². The van der Waals surface area contributed by atoms with Gasteiger partial charge in [-0.1, -0.05) is 6.42 Å². The molecule has 1 aliphatic heterocycles. The Morgan fingerprint density at radius 1 is 1.33 bits per heavy atom. The van der Waals surface area contributed by atoms with Crippen molar-refractivity contribution in [2.45, 2.75) is 31.7 Å². The predicted octanol–water partition coefficient (Wildman–Crippen LogP) is 3.63. The highest BCUT2D eigenvalue weighted by atomic mass is 79.9. The molecule has 2 nitrogen and oxygen atoms in total. The number of thiophene rings is 1. The molecular formula is C14H21BrN2S. The molecule has 1 aromatic heterocycles. The van der Waals surface area contributed by atoms with Crippen LogP contribution in [0.2, 0.25) is 0 Å². The summed E-state index contributed by atoms with van der Waals surface area (Å²) in [5, 5.41) is 0. The molecule has 2 bridgehead atoms. The minimum atomic E-state index is 0.435. The summed E-state index contributed by atoms with van der Waals surface area (Å²) in [6.07, 6.45) is 5.76. The summed E-state index contributed by atoms with van der Waals surface area (Å²) in [6.45, 7) is 3.26. The van der Waals surface area contributed by atoms with Crippen LogP contribution in [0.1, 0.15) is 36.6 Å². The molecule has 18 heavy (non-hydrogen) atoms. The molecule has 0 amide bonds. The minimum Gasteiger partial charge on any atom is -0.329 e. The van der Waals surface area contributed by atoms with Gasteiger partial charge < -0.3 is 5.73 Å². The number of nitrogens with two attached hydrogens (primary N) is 1. The molecule has 2 N–H and O–H groups in total. The number of nitrogens with zero attached hydrogens (tertiary/aromatic N) is 1. The Morgan fingerprint density at radius 2 is 2.06 bits per heavy atom. The average Bonchev–Trinajstić information content (AvgIpc) is 2.76. The molecule has 3 unspecified atom stereocenters. The van der Waals surface area contributed by atoms with Gasteiger partial charge in [0.25, 0.3) is 0 Å². The van der Waals surface area contributed by atoms with Crippen LogP contribution < -0.4 is 5.73 Å². The average molecular weight is 329 g/mol. The monoisotopic (exact) mass is 328 g/mol. The Morgan fingerprint density at radius 3 is 2.61 bits per heavy atom. The van der Waals surface area contributed by atoms with Crippen molar-refractivity contribution in [1.82, 2.24) is 4.90 Å². The van der Waals surface area contributed by atoms with Crippen LogP contribution in [0.4, 0.5) is 0 Å². The molecule has 1 saturated carbocycles. The van der Waals surface area contributed by atoms with Crippen LogP contribution in [-0.4, -0.2) is 24.5 Å². The third-order valence-electron chi connectivity index (χ3n) is 4.46. The first-order chi connectivity index (χ1) is 8.76. The molecule has 1 aliphatic carbocycles. The van der Waals surface area contributed by atoms with E-state index in [2.05, 4.69) is 33.0 Å². The van der Waals surface area contributed by atoms with Gasteiger partial charge in [-0.05, 0) is 59.2 Å². The Labute approximate surface area is 122 Å². The standard InChI is InChI=1S/C14H21BrN2S/c15-14-5-4-13(18-14)12(7-16)17-8-10-2-1-3-11(6-10)9-17/h4-5,10-12H,1-3,6-9,16H2. The van der Waals surface area contributed by atoms with Crippen LogP contribution in [0.3, 0.4) is 0 Å². The highest BCUT2D eigenvalue weighted by Gasteiger charge is 2.34. The van der Waals surface area contributed by atoms with Crippen LogP contribution in [0, 0.1) is 11.8 Å². The van der Waals surface area contributed by atoms with Crippen molar-refractivity contribution in [3.63, 3.8) is 0 Å². The number of piperidine rings is 1. The highest BCUT2D eigenvalue weighted by molar-refractivity contribution is 9.11. The Hall–Kier alpha value is 0.1000. The fourth-order valence-electron chi connectivity index (χ4n) is 3.68. The zero-order valence-corrected chi connectivity index (χ0v) is 13.0. The predicted molar refractivity (Wildman–Crippen MR) is 80.8 cm³/mol. The number of hydrogen-bond acceptors (Lipinski definition) is 3. The highest BCUT2D eigenvalue weighted by Crippen LogP contribution is 2.39. The second kappa shape index (κ2) is 5.61. The second-order valence-corrected chi connectivity index (χ2v) is 8.24. The van der Waals surface area contributed by atoms with Gasteiger partial charge in [-0.3, -0.25) is 4.90 Å². The zero-order valence-electron chi connectivity index (χ0n) is 10.6. The van der Waals surface area contributed by atoms with Crippen LogP contribution in [0.25, 0.3) is 0 Å². The molecule has 0 radical (unpaired) electrons. The van der Waals surface area contributed by atoms with Crippen LogP contribution >= 0.6 is 27.3 Å². The minimum absolute atomic E-state index is 0.435. The molecule has 2 heterocycles. The Balaban J connectivity index is 1.75. The third kappa shape index (κ3) is 2.67. The van der Waals surface area contributed by atoms with Gasteiger partial charge in [0.1, 0.15) is 0 Å². The van der Waals surface area contributed by atoms with Crippen LogP contribution in [-0.2, 0) is 0 Å². The molecule has 3 rings (SSSR count). The maximum absolute atomic E-state index is 6.04. The van der Waals surface area contributed by atoms with Crippen molar-refractivity contribution in [3.8, 4) is 0 Å². The number of rotatable bonds is 3. The Kier molecular flexibility index (Phi) is 4.09. The first kappa shape index (κ1) is 13.1. The Bertz CT molecular complexity index is 394. The molecule has 1 aromatic rings. The maximum Gasteiger partial charge on any atom is 0.0702 e. The number of likely N-dealkylation sites (tertiary alicyclic amines) is 1. The van der Waals surface area contributed by atoms with Crippen molar-refractivity contribution in [1.29, 1.82) is 0 Å². The van der Waals surface area contributed by atoms with E-state index in [1.807, 2.05) is 11.3 Å². The van der Waals surface area contributed by atoms with Crippen LogP contribution in [0.5, 0.6) is 0 Å². The van der Waals surface area contributed by atoms with Gasteiger partial charge in [0.05, 0.1) is 9.83 Å². The molecule has 100 valence electrons. The number of hydrogen-bond donors (Lipinski definition) is 1. The summed E-state index contributed by atoms with van der Waals surface area (Å²) in [7, 11) is 0. The molecule has 0 aromatic carbocycles. The van der Waals surface area contributed by atoms with E-state index in [0.29, 0.717) is 6.04 Å². The van der Waals surface area contributed by atoms with Crippen molar-refractivity contribution in [2.24, 2.45) is 17.6 Å². The summed E-state index contributed by atoms with van der Waals surface area (Å²) in [5.41, 5.74) is 6.04. The molecule has 2 fully saturated rings.